The summed E-state index contributed by atoms with van der Waals surface area (Å²) in [4.78, 5) is 14.8. The third-order valence-electron chi connectivity index (χ3n) is 4.02. The van der Waals surface area contributed by atoms with Crippen molar-refractivity contribution in [3.8, 4) is 0 Å². The highest BCUT2D eigenvalue weighted by Crippen LogP contribution is 2.33. The summed E-state index contributed by atoms with van der Waals surface area (Å²) in [5, 5.41) is 10.1. The SMILES string of the molecule is O=C(Nc1ccccc1Sc1ccccc1)c1n[nH]c2c1COCC2. The number of hydrogen-bond donors (Lipinski definition) is 2. The van der Waals surface area contributed by atoms with Crippen LogP contribution in [0.1, 0.15) is 21.7 Å². The van der Waals surface area contributed by atoms with Gasteiger partial charge in [0, 0.05) is 27.5 Å². The first-order valence-corrected chi connectivity index (χ1v) is 8.90. The third-order valence-corrected chi connectivity index (χ3v) is 5.10. The third kappa shape index (κ3) is 3.45. The molecule has 1 aliphatic heterocycles. The van der Waals surface area contributed by atoms with Gasteiger partial charge in [0.2, 0.25) is 0 Å². The van der Waals surface area contributed by atoms with Gasteiger partial charge >= 0.3 is 0 Å². The number of fused-ring (bicyclic) bond motifs is 1. The standard InChI is InChI=1S/C19H17N3O2S/c23-19(18-14-12-24-11-10-15(14)21-22-18)20-16-8-4-5-9-17(16)25-13-6-2-1-3-7-13/h1-9H,10-12H2,(H,20,23)(H,21,22). The molecule has 5 nitrogen and oxygen atoms in total. The minimum atomic E-state index is -0.218. The maximum atomic E-state index is 12.7. The maximum absolute atomic E-state index is 12.7. The topological polar surface area (TPSA) is 67.0 Å². The Kier molecular flexibility index (Phi) is 4.54. The number of rotatable bonds is 4. The average molecular weight is 351 g/mol. The van der Waals surface area contributed by atoms with Crippen LogP contribution >= 0.6 is 11.8 Å². The normalized spacial score (nSPS) is 13.3. The molecule has 0 atom stereocenters. The number of amides is 1. The molecule has 2 N–H and O–H groups in total. The van der Waals surface area contributed by atoms with Crippen LogP contribution < -0.4 is 5.32 Å². The van der Waals surface area contributed by atoms with E-state index in [1.807, 2.05) is 54.6 Å². The van der Waals surface area contributed by atoms with Crippen LogP contribution in [0.15, 0.2) is 64.4 Å². The second-order valence-electron chi connectivity index (χ2n) is 5.70. The zero-order chi connectivity index (χ0) is 17.1. The lowest BCUT2D eigenvalue weighted by Gasteiger charge is -2.13. The van der Waals surface area contributed by atoms with Gasteiger partial charge in [-0.1, -0.05) is 42.1 Å². The average Bonchev–Trinajstić information content (AvgIpc) is 3.08. The molecule has 0 unspecified atom stereocenters. The Morgan fingerprint density at radius 2 is 1.92 bits per heavy atom. The number of anilines is 1. The highest BCUT2D eigenvalue weighted by atomic mass is 32.2. The van der Waals surface area contributed by atoms with Crippen molar-refractivity contribution in [2.24, 2.45) is 0 Å². The van der Waals surface area contributed by atoms with Crippen LogP contribution in [0.3, 0.4) is 0 Å². The second kappa shape index (κ2) is 7.13. The molecular weight excluding hydrogens is 334 g/mol. The molecule has 4 rings (SSSR count). The zero-order valence-corrected chi connectivity index (χ0v) is 14.3. The van der Waals surface area contributed by atoms with Crippen LogP contribution in [0.5, 0.6) is 0 Å². The van der Waals surface area contributed by atoms with E-state index in [2.05, 4.69) is 15.5 Å². The van der Waals surface area contributed by atoms with E-state index in [4.69, 9.17) is 4.74 Å². The molecule has 3 aromatic rings. The predicted octanol–water partition coefficient (Wildman–Crippen LogP) is 3.89. The molecule has 25 heavy (non-hydrogen) atoms. The summed E-state index contributed by atoms with van der Waals surface area (Å²) in [7, 11) is 0. The number of nitrogens with one attached hydrogen (secondary N) is 2. The van der Waals surface area contributed by atoms with Gasteiger partial charge in [0.15, 0.2) is 5.69 Å². The molecule has 0 spiro atoms. The van der Waals surface area contributed by atoms with Gasteiger partial charge < -0.3 is 10.1 Å². The van der Waals surface area contributed by atoms with E-state index in [9.17, 15) is 4.79 Å². The Labute approximate surface area is 149 Å². The van der Waals surface area contributed by atoms with E-state index >= 15 is 0 Å². The van der Waals surface area contributed by atoms with Crippen molar-refractivity contribution in [2.45, 2.75) is 22.8 Å². The highest BCUT2D eigenvalue weighted by molar-refractivity contribution is 7.99. The van der Waals surface area contributed by atoms with E-state index in [-0.39, 0.29) is 5.91 Å². The van der Waals surface area contributed by atoms with Gasteiger partial charge in [-0.3, -0.25) is 9.89 Å². The molecule has 1 aliphatic rings. The summed E-state index contributed by atoms with van der Waals surface area (Å²) in [6, 6.07) is 17.9. The molecule has 6 heteroatoms. The number of ether oxygens (including phenoxy) is 1. The van der Waals surface area contributed by atoms with Gasteiger partial charge in [-0.2, -0.15) is 5.10 Å². The predicted molar refractivity (Wildman–Crippen MR) is 96.9 cm³/mol. The van der Waals surface area contributed by atoms with Gasteiger partial charge in [0.25, 0.3) is 5.91 Å². The van der Waals surface area contributed by atoms with Crippen LogP contribution in [0, 0.1) is 0 Å². The fourth-order valence-corrected chi connectivity index (χ4v) is 3.68. The van der Waals surface area contributed by atoms with Crippen molar-refractivity contribution in [2.75, 3.05) is 11.9 Å². The molecule has 0 saturated heterocycles. The van der Waals surface area contributed by atoms with Crippen LogP contribution in [0.25, 0.3) is 0 Å². The molecule has 0 aliphatic carbocycles. The van der Waals surface area contributed by atoms with E-state index < -0.39 is 0 Å². The number of aromatic nitrogens is 2. The molecule has 0 fully saturated rings. The molecule has 126 valence electrons. The fraction of sp³-hybridized carbons (Fsp3) is 0.158. The first kappa shape index (κ1) is 15.9. The van der Waals surface area contributed by atoms with Crippen LogP contribution in [-0.4, -0.2) is 22.7 Å². The molecule has 1 aromatic heterocycles. The van der Waals surface area contributed by atoms with E-state index in [1.165, 1.54) is 0 Å². The Hall–Kier alpha value is -2.57. The minimum absolute atomic E-state index is 0.218. The maximum Gasteiger partial charge on any atom is 0.276 e. The molecular formula is C19H17N3O2S. The van der Waals surface area contributed by atoms with Gasteiger partial charge in [0.05, 0.1) is 18.9 Å². The molecule has 1 amide bonds. The number of hydrogen-bond acceptors (Lipinski definition) is 4. The summed E-state index contributed by atoms with van der Waals surface area (Å²) in [6.07, 6.45) is 0.760. The monoisotopic (exact) mass is 351 g/mol. The van der Waals surface area contributed by atoms with Crippen molar-refractivity contribution in [1.29, 1.82) is 0 Å². The summed E-state index contributed by atoms with van der Waals surface area (Å²) in [5.74, 6) is -0.218. The van der Waals surface area contributed by atoms with Gasteiger partial charge in [-0.15, -0.1) is 0 Å². The Balaban J connectivity index is 1.57. The Bertz CT molecular complexity index is 893. The quantitative estimate of drug-likeness (QED) is 0.748. The van der Waals surface area contributed by atoms with Crippen molar-refractivity contribution < 1.29 is 9.53 Å². The highest BCUT2D eigenvalue weighted by Gasteiger charge is 2.22. The number of nitrogens with zero attached hydrogens (tertiary/aromatic N) is 1. The smallest absolute Gasteiger partial charge is 0.276 e. The minimum Gasteiger partial charge on any atom is -0.376 e. The Morgan fingerprint density at radius 3 is 2.80 bits per heavy atom. The first-order valence-electron chi connectivity index (χ1n) is 8.08. The molecule has 2 aromatic carbocycles. The number of aromatic amines is 1. The number of para-hydroxylation sites is 1. The summed E-state index contributed by atoms with van der Waals surface area (Å²) >= 11 is 1.61. The number of H-pyrrole nitrogens is 1. The first-order chi connectivity index (χ1) is 12.3. The van der Waals surface area contributed by atoms with Gasteiger partial charge in [-0.05, 0) is 24.3 Å². The molecule has 0 bridgehead atoms. The van der Waals surface area contributed by atoms with Crippen molar-refractivity contribution in [3.63, 3.8) is 0 Å². The molecule has 2 heterocycles. The van der Waals surface area contributed by atoms with E-state index in [0.717, 1.165) is 33.2 Å². The lowest BCUT2D eigenvalue weighted by molar-refractivity contribution is 0.0985. The van der Waals surface area contributed by atoms with Crippen LogP contribution in [0.2, 0.25) is 0 Å². The summed E-state index contributed by atoms with van der Waals surface area (Å²) in [6.45, 7) is 1.09. The lowest BCUT2D eigenvalue weighted by atomic mass is 10.1. The molecule has 0 radical (unpaired) electrons. The van der Waals surface area contributed by atoms with Crippen LogP contribution in [-0.2, 0) is 17.8 Å². The number of carbonyl (C=O) groups excluding carboxylic acids is 1. The summed E-state index contributed by atoms with van der Waals surface area (Å²) < 4.78 is 5.45. The van der Waals surface area contributed by atoms with Crippen LogP contribution in [0.4, 0.5) is 5.69 Å². The summed E-state index contributed by atoms with van der Waals surface area (Å²) in [5.41, 5.74) is 3.03. The van der Waals surface area contributed by atoms with Crippen molar-refractivity contribution in [3.05, 3.63) is 71.5 Å². The van der Waals surface area contributed by atoms with Crippen molar-refractivity contribution >= 4 is 23.4 Å². The zero-order valence-electron chi connectivity index (χ0n) is 13.5. The second-order valence-corrected chi connectivity index (χ2v) is 6.81. The molecule has 0 saturated carbocycles. The number of benzene rings is 2. The fourth-order valence-electron chi connectivity index (χ4n) is 2.76. The lowest BCUT2D eigenvalue weighted by Crippen LogP contribution is -2.17. The number of carbonyl (C=O) groups is 1. The van der Waals surface area contributed by atoms with Gasteiger partial charge in [0.1, 0.15) is 0 Å². The largest absolute Gasteiger partial charge is 0.376 e. The Morgan fingerprint density at radius 1 is 1.12 bits per heavy atom. The van der Waals surface area contributed by atoms with Gasteiger partial charge in [-0.25, -0.2) is 0 Å². The van der Waals surface area contributed by atoms with Crippen molar-refractivity contribution in [1.82, 2.24) is 10.2 Å². The van der Waals surface area contributed by atoms with E-state index in [0.29, 0.717) is 18.9 Å². The van der Waals surface area contributed by atoms with E-state index in [1.54, 1.807) is 11.8 Å².